The molecule has 0 heterocycles. The van der Waals surface area contributed by atoms with Crippen molar-refractivity contribution in [1.29, 1.82) is 0 Å². The topological polar surface area (TPSA) is 72.0 Å². The lowest BCUT2D eigenvalue weighted by molar-refractivity contribution is -0.191. The normalized spacial score (nSPS) is 51.4. The Hall–Kier alpha value is -0.120. The van der Waals surface area contributed by atoms with Crippen molar-refractivity contribution < 1.29 is 15.7 Å². The van der Waals surface area contributed by atoms with Crippen LogP contribution < -0.4 is 0 Å². The average molecular weight is 228 g/mol. The van der Waals surface area contributed by atoms with Gasteiger partial charge in [0.15, 0.2) is 0 Å². The average Bonchev–Trinajstić information content (AvgIpc) is 2.21. The van der Waals surface area contributed by atoms with Crippen molar-refractivity contribution in [3.63, 3.8) is 0 Å². The second-order valence-corrected chi connectivity index (χ2v) is 5.96. The Labute approximate surface area is 97.2 Å². The molecule has 5 atom stereocenters. The summed E-state index contributed by atoms with van der Waals surface area (Å²) in [6.45, 7) is 0. The fourth-order valence-corrected chi connectivity index (χ4v) is 4.50. The van der Waals surface area contributed by atoms with E-state index in [0.29, 0.717) is 11.8 Å². The van der Waals surface area contributed by atoms with Gasteiger partial charge in [-0.3, -0.25) is 0 Å². The minimum absolute atomic E-state index is 0. The molecule has 16 heavy (non-hydrogen) atoms. The molecule has 0 saturated heterocycles. The Balaban J connectivity index is 0.000000963. The summed E-state index contributed by atoms with van der Waals surface area (Å²) < 4.78 is 0. The number of hydrogen-bond donors (Lipinski definition) is 2. The van der Waals surface area contributed by atoms with Crippen LogP contribution in [0.25, 0.3) is 0 Å². The van der Waals surface area contributed by atoms with E-state index in [1.807, 2.05) is 0 Å². The van der Waals surface area contributed by atoms with Gasteiger partial charge in [-0.05, 0) is 43.9 Å². The zero-order valence-corrected chi connectivity index (χ0v) is 9.86. The lowest BCUT2D eigenvalue weighted by atomic mass is 9.54. The molecule has 0 spiro atoms. The number of rotatable bonds is 0. The first-order chi connectivity index (χ1) is 7.22. The first kappa shape index (κ1) is 12.3. The zero-order chi connectivity index (χ0) is 10.5. The van der Waals surface area contributed by atoms with Crippen LogP contribution >= 0.6 is 0 Å². The predicted octanol–water partition coefficient (Wildman–Crippen LogP) is 1.26. The molecule has 0 radical (unpaired) electrons. The molecule has 0 aliphatic heterocycles. The highest BCUT2D eigenvalue weighted by Gasteiger charge is 2.54. The van der Waals surface area contributed by atoms with Crippen LogP contribution in [0.5, 0.6) is 0 Å². The molecule has 3 heteroatoms. The third-order valence-electron chi connectivity index (χ3n) is 5.30. The van der Waals surface area contributed by atoms with Crippen molar-refractivity contribution in [2.24, 2.45) is 17.8 Å². The molecule has 0 amide bonds. The zero-order valence-electron chi connectivity index (χ0n) is 9.86. The van der Waals surface area contributed by atoms with E-state index in [1.54, 1.807) is 0 Å². The van der Waals surface area contributed by atoms with Gasteiger partial charge in [0.1, 0.15) is 0 Å². The van der Waals surface area contributed by atoms with Crippen LogP contribution in [0.1, 0.15) is 51.4 Å². The third-order valence-corrected chi connectivity index (χ3v) is 5.30. The van der Waals surface area contributed by atoms with Gasteiger partial charge in [0, 0.05) is 5.92 Å². The van der Waals surface area contributed by atoms with Crippen molar-refractivity contribution in [3.05, 3.63) is 0 Å². The van der Waals surface area contributed by atoms with Gasteiger partial charge in [0.05, 0.1) is 11.7 Å². The van der Waals surface area contributed by atoms with Gasteiger partial charge in [0.2, 0.25) is 0 Å². The second kappa shape index (κ2) is 4.28. The summed E-state index contributed by atoms with van der Waals surface area (Å²) in [7, 11) is 0. The van der Waals surface area contributed by atoms with Crippen molar-refractivity contribution in [3.8, 4) is 0 Å². The van der Waals surface area contributed by atoms with Gasteiger partial charge in [-0.25, -0.2) is 0 Å². The maximum atomic E-state index is 10.8. The summed E-state index contributed by atoms with van der Waals surface area (Å²) in [6.07, 6.45) is 8.87. The van der Waals surface area contributed by atoms with E-state index in [-0.39, 0.29) is 17.5 Å². The minimum Gasteiger partial charge on any atom is -0.412 e. The van der Waals surface area contributed by atoms with Gasteiger partial charge in [-0.15, -0.1) is 0 Å². The molecule has 3 nitrogen and oxygen atoms in total. The van der Waals surface area contributed by atoms with E-state index < -0.39 is 5.60 Å². The minimum atomic E-state index is -0.505. The third kappa shape index (κ3) is 1.60. The largest absolute Gasteiger partial charge is 0.412 e. The van der Waals surface area contributed by atoms with E-state index in [1.165, 1.54) is 25.7 Å². The van der Waals surface area contributed by atoms with Crippen LogP contribution in [0.2, 0.25) is 0 Å². The molecule has 3 aliphatic rings. The Bertz CT molecular complexity index is 256. The summed E-state index contributed by atoms with van der Waals surface area (Å²) >= 11 is 0. The molecule has 0 aromatic carbocycles. The summed E-state index contributed by atoms with van der Waals surface area (Å²) in [5, 5.41) is 21.0. The molecule has 3 fully saturated rings. The molecular weight excluding hydrogens is 204 g/mol. The van der Waals surface area contributed by atoms with Gasteiger partial charge >= 0.3 is 0 Å². The van der Waals surface area contributed by atoms with Gasteiger partial charge in [0.25, 0.3) is 0 Å². The molecule has 4 N–H and O–H groups in total. The van der Waals surface area contributed by atoms with E-state index in [4.69, 9.17) is 0 Å². The monoisotopic (exact) mass is 228 g/mol. The van der Waals surface area contributed by atoms with Crippen LogP contribution in [0.3, 0.4) is 0 Å². The van der Waals surface area contributed by atoms with Gasteiger partial charge in [-0.2, -0.15) is 0 Å². The van der Waals surface area contributed by atoms with Gasteiger partial charge < -0.3 is 15.7 Å². The van der Waals surface area contributed by atoms with Crippen LogP contribution in [0.15, 0.2) is 0 Å². The fourth-order valence-electron chi connectivity index (χ4n) is 4.50. The van der Waals surface area contributed by atoms with Gasteiger partial charge in [-0.1, -0.05) is 19.3 Å². The standard InChI is InChI=1S/C13H22O2.H2O/c14-12-9-4-3-6-11(12)13(15)7-2-1-5-10(13)8-9;/h9-12,14-15H,1-8H2;1H2/t9?,10?,11?,12-,13-;/m0./s1. The first-order valence-corrected chi connectivity index (χ1v) is 6.62. The highest BCUT2D eigenvalue weighted by Crippen LogP contribution is 2.53. The molecule has 3 aliphatic carbocycles. The van der Waals surface area contributed by atoms with Crippen molar-refractivity contribution in [1.82, 2.24) is 0 Å². The fraction of sp³-hybridized carbons (Fsp3) is 1.00. The van der Waals surface area contributed by atoms with Crippen LogP contribution in [-0.2, 0) is 0 Å². The lowest BCUT2D eigenvalue weighted by Gasteiger charge is -2.55. The summed E-state index contributed by atoms with van der Waals surface area (Å²) in [5.74, 6) is 1.17. The maximum Gasteiger partial charge on any atom is 0.0728 e. The Morgan fingerprint density at radius 2 is 1.81 bits per heavy atom. The van der Waals surface area contributed by atoms with E-state index in [2.05, 4.69) is 0 Å². The van der Waals surface area contributed by atoms with Crippen molar-refractivity contribution in [2.75, 3.05) is 0 Å². The summed E-state index contributed by atoms with van der Waals surface area (Å²) in [5.41, 5.74) is -0.505. The number of aliphatic hydroxyl groups is 2. The van der Waals surface area contributed by atoms with E-state index in [0.717, 1.165) is 25.7 Å². The lowest BCUT2D eigenvalue weighted by Crippen LogP contribution is -2.59. The van der Waals surface area contributed by atoms with Crippen molar-refractivity contribution in [2.45, 2.75) is 63.1 Å². The Kier molecular flexibility index (Phi) is 3.30. The molecule has 0 aromatic rings. The van der Waals surface area contributed by atoms with Crippen LogP contribution in [0, 0.1) is 17.8 Å². The first-order valence-electron chi connectivity index (χ1n) is 6.62. The molecule has 3 unspecified atom stereocenters. The number of fused-ring (bicyclic) bond motifs is 4. The molecule has 2 bridgehead atoms. The highest BCUT2D eigenvalue weighted by molar-refractivity contribution is 5.05. The predicted molar refractivity (Wildman–Crippen MR) is 62.0 cm³/mol. The quantitative estimate of drug-likeness (QED) is 0.655. The molecule has 94 valence electrons. The Morgan fingerprint density at radius 3 is 2.62 bits per heavy atom. The Morgan fingerprint density at radius 1 is 1.00 bits per heavy atom. The van der Waals surface area contributed by atoms with E-state index >= 15 is 0 Å². The number of hydrogen-bond acceptors (Lipinski definition) is 2. The van der Waals surface area contributed by atoms with E-state index in [9.17, 15) is 10.2 Å². The summed E-state index contributed by atoms with van der Waals surface area (Å²) in [6, 6.07) is 0. The highest BCUT2D eigenvalue weighted by atomic mass is 16.3. The smallest absolute Gasteiger partial charge is 0.0728 e. The molecular formula is C13H24O3. The SMILES string of the molecule is O.O[C@H]1C2CCCC1[C@]1(O)CCCCC1C2. The maximum absolute atomic E-state index is 10.8. The molecule has 3 saturated carbocycles. The second-order valence-electron chi connectivity index (χ2n) is 5.96. The molecule has 0 aromatic heterocycles. The van der Waals surface area contributed by atoms with Crippen molar-refractivity contribution >= 4 is 0 Å². The van der Waals surface area contributed by atoms with Crippen LogP contribution in [0.4, 0.5) is 0 Å². The molecule has 3 rings (SSSR count). The number of aliphatic hydroxyl groups excluding tert-OH is 1. The summed E-state index contributed by atoms with van der Waals surface area (Å²) in [4.78, 5) is 0. The van der Waals surface area contributed by atoms with Crippen LogP contribution in [-0.4, -0.2) is 27.4 Å².